The zero-order valence-corrected chi connectivity index (χ0v) is 20.8. The first-order chi connectivity index (χ1) is 15.5. The summed E-state index contributed by atoms with van der Waals surface area (Å²) in [5.74, 6) is 1.25. The van der Waals surface area contributed by atoms with Crippen LogP contribution in [-0.4, -0.2) is 17.6 Å². The number of rotatable bonds is 5. The maximum atomic E-state index is 13.2. The first-order valence-electron chi connectivity index (χ1n) is 11.5. The van der Waals surface area contributed by atoms with E-state index in [0.29, 0.717) is 28.7 Å². The van der Waals surface area contributed by atoms with E-state index in [9.17, 15) is 4.79 Å². The van der Waals surface area contributed by atoms with E-state index >= 15 is 0 Å². The summed E-state index contributed by atoms with van der Waals surface area (Å²) in [7, 11) is 0. The molecular weight excluding hydrogens is 432 g/mol. The number of nitriles is 1. The number of ether oxygens (including phenoxy) is 1. The molecule has 0 radical (unpaired) electrons. The van der Waals surface area contributed by atoms with E-state index < -0.39 is 0 Å². The van der Waals surface area contributed by atoms with Crippen LogP contribution in [0.2, 0.25) is 5.02 Å². The van der Waals surface area contributed by atoms with Crippen LogP contribution in [0.1, 0.15) is 59.4 Å². The second-order valence-corrected chi connectivity index (χ2v) is 11.1. The van der Waals surface area contributed by atoms with Gasteiger partial charge in [0.15, 0.2) is 5.78 Å². The summed E-state index contributed by atoms with van der Waals surface area (Å²) in [6.45, 7) is 15.0. The number of allylic oxidation sites excluding steroid dienone is 5. The highest BCUT2D eigenvalue weighted by Gasteiger charge is 2.62. The van der Waals surface area contributed by atoms with E-state index in [1.54, 1.807) is 12.1 Å². The van der Waals surface area contributed by atoms with Crippen LogP contribution in [0.15, 0.2) is 58.8 Å². The smallest absolute Gasteiger partial charge is 0.168 e. The molecule has 1 fully saturated rings. The monoisotopic (exact) mass is 462 g/mol. The van der Waals surface area contributed by atoms with Gasteiger partial charge in [-0.2, -0.15) is 5.26 Å². The average Bonchev–Trinajstić information content (AvgIpc) is 2.96. The summed E-state index contributed by atoms with van der Waals surface area (Å²) >= 11 is 6.20. The van der Waals surface area contributed by atoms with Gasteiger partial charge in [-0.25, -0.2) is 0 Å². The number of ketones is 1. The fraction of sp³-hybridized carbons (Fsp3) is 0.464. The molecule has 172 valence electrons. The number of halogens is 1. The standard InChI is InChI=1S/C28H31ClN2O2/c1-16-7-8-17(2)31-22-13-18(25(32)24(16)22)10-12-23-27(3,4)26(28(23,5)6)33-20-11-9-19(15-30)21(29)14-20/h7-9,11,14,18,23,26H,1,10,12-13H2,2-6H3. The van der Waals surface area contributed by atoms with Gasteiger partial charge in [0.25, 0.3) is 0 Å². The third-order valence-electron chi connectivity index (χ3n) is 7.77. The summed E-state index contributed by atoms with van der Waals surface area (Å²) in [5.41, 5.74) is 3.63. The van der Waals surface area contributed by atoms with E-state index in [2.05, 4.69) is 45.3 Å². The lowest BCUT2D eigenvalue weighted by Gasteiger charge is -2.63. The van der Waals surface area contributed by atoms with Gasteiger partial charge in [0, 0.05) is 40.5 Å². The Morgan fingerprint density at radius 3 is 2.55 bits per heavy atom. The predicted octanol–water partition coefficient (Wildman–Crippen LogP) is 6.85. The van der Waals surface area contributed by atoms with Gasteiger partial charge in [-0.1, -0.05) is 52.0 Å². The molecule has 1 aliphatic heterocycles. The molecule has 1 heterocycles. The van der Waals surface area contributed by atoms with Crippen LogP contribution in [0.4, 0.5) is 0 Å². The minimum absolute atomic E-state index is 0.00490. The lowest BCUT2D eigenvalue weighted by atomic mass is 9.44. The molecule has 0 amide bonds. The van der Waals surface area contributed by atoms with Crippen molar-refractivity contribution < 1.29 is 9.53 Å². The number of carbonyl (C=O) groups excluding carboxylic acids is 1. The van der Waals surface area contributed by atoms with Gasteiger partial charge >= 0.3 is 0 Å². The zero-order valence-electron chi connectivity index (χ0n) is 20.0. The summed E-state index contributed by atoms with van der Waals surface area (Å²) in [5, 5.41) is 9.51. The van der Waals surface area contributed by atoms with Crippen molar-refractivity contribution in [1.82, 2.24) is 0 Å². The number of Topliss-reactive ketones (excluding diaryl/α,β-unsaturated/α-hetero) is 1. The number of nitrogens with zero attached hydrogens (tertiary/aromatic N) is 2. The molecule has 0 saturated heterocycles. The third kappa shape index (κ3) is 3.97. The molecule has 4 rings (SSSR count). The lowest BCUT2D eigenvalue weighted by Crippen LogP contribution is -2.65. The predicted molar refractivity (Wildman–Crippen MR) is 132 cm³/mol. The molecule has 3 aliphatic rings. The molecule has 1 saturated carbocycles. The van der Waals surface area contributed by atoms with Crippen molar-refractivity contribution in [2.75, 3.05) is 0 Å². The second kappa shape index (κ2) is 8.29. The molecule has 4 nitrogen and oxygen atoms in total. The van der Waals surface area contributed by atoms with Crippen molar-refractivity contribution in [3.8, 4) is 11.8 Å². The Morgan fingerprint density at radius 1 is 1.21 bits per heavy atom. The fourth-order valence-electron chi connectivity index (χ4n) is 6.41. The normalized spacial score (nSPS) is 27.4. The molecule has 0 aromatic heterocycles. The Kier molecular flexibility index (Phi) is 5.91. The van der Waals surface area contributed by atoms with Crippen LogP contribution >= 0.6 is 11.6 Å². The van der Waals surface area contributed by atoms with Gasteiger partial charge < -0.3 is 4.74 Å². The molecule has 0 N–H and O–H groups in total. The van der Waals surface area contributed by atoms with Crippen LogP contribution in [-0.2, 0) is 4.79 Å². The highest BCUT2D eigenvalue weighted by Crippen LogP contribution is 2.62. The average molecular weight is 463 g/mol. The van der Waals surface area contributed by atoms with E-state index in [-0.39, 0.29) is 28.6 Å². The first-order valence-corrected chi connectivity index (χ1v) is 11.9. The van der Waals surface area contributed by atoms with Gasteiger partial charge in [0.05, 0.1) is 16.3 Å². The van der Waals surface area contributed by atoms with Gasteiger partial charge in [0.1, 0.15) is 17.9 Å². The summed E-state index contributed by atoms with van der Waals surface area (Å²) in [4.78, 5) is 17.8. The minimum Gasteiger partial charge on any atom is -0.489 e. The number of carbonyl (C=O) groups is 1. The summed E-state index contributed by atoms with van der Waals surface area (Å²) in [6.07, 6.45) is 6.31. The first kappa shape index (κ1) is 23.5. The molecule has 5 heteroatoms. The number of hydrogen-bond acceptors (Lipinski definition) is 4. The molecule has 1 aromatic carbocycles. The molecule has 1 atom stereocenters. The topological polar surface area (TPSA) is 62.4 Å². The number of aliphatic imine (C=N–C) groups is 1. The highest BCUT2D eigenvalue weighted by molar-refractivity contribution is 6.31. The second-order valence-electron chi connectivity index (χ2n) is 10.7. The van der Waals surface area contributed by atoms with Crippen LogP contribution in [0.5, 0.6) is 5.75 Å². The Morgan fingerprint density at radius 2 is 1.91 bits per heavy atom. The van der Waals surface area contributed by atoms with Crippen molar-refractivity contribution in [2.45, 2.75) is 60.0 Å². The van der Waals surface area contributed by atoms with Gasteiger partial charge in [-0.05, 0) is 49.5 Å². The Balaban J connectivity index is 1.43. The van der Waals surface area contributed by atoms with Gasteiger partial charge in [0.2, 0.25) is 0 Å². The van der Waals surface area contributed by atoms with Crippen molar-refractivity contribution in [3.05, 3.63) is 64.4 Å². The quantitative estimate of drug-likeness (QED) is 0.480. The van der Waals surface area contributed by atoms with E-state index in [1.165, 1.54) is 0 Å². The molecule has 33 heavy (non-hydrogen) atoms. The van der Waals surface area contributed by atoms with Crippen LogP contribution in [0.25, 0.3) is 0 Å². The zero-order chi connectivity index (χ0) is 24.1. The number of hydrogen-bond donors (Lipinski definition) is 0. The van der Waals surface area contributed by atoms with Gasteiger partial charge in [-0.15, -0.1) is 0 Å². The van der Waals surface area contributed by atoms with Crippen molar-refractivity contribution in [2.24, 2.45) is 27.7 Å². The summed E-state index contributed by atoms with van der Waals surface area (Å²) < 4.78 is 6.40. The minimum atomic E-state index is -0.0584. The van der Waals surface area contributed by atoms with E-state index in [4.69, 9.17) is 21.6 Å². The maximum absolute atomic E-state index is 13.2. The Hall–Kier alpha value is -2.64. The fourth-order valence-corrected chi connectivity index (χ4v) is 6.62. The maximum Gasteiger partial charge on any atom is 0.168 e. The van der Waals surface area contributed by atoms with Crippen molar-refractivity contribution in [1.29, 1.82) is 5.26 Å². The summed E-state index contributed by atoms with van der Waals surface area (Å²) in [6, 6.07) is 7.31. The van der Waals surface area contributed by atoms with Crippen LogP contribution in [0.3, 0.4) is 0 Å². The number of benzene rings is 1. The largest absolute Gasteiger partial charge is 0.489 e. The van der Waals surface area contributed by atoms with Crippen molar-refractivity contribution in [3.63, 3.8) is 0 Å². The molecule has 0 bridgehead atoms. The van der Waals surface area contributed by atoms with Crippen molar-refractivity contribution >= 4 is 23.1 Å². The van der Waals surface area contributed by atoms with Crippen LogP contribution in [0, 0.1) is 34.0 Å². The molecular formula is C28H31ClN2O2. The highest BCUT2D eigenvalue weighted by atomic mass is 35.5. The van der Waals surface area contributed by atoms with E-state index in [1.807, 2.05) is 25.1 Å². The van der Waals surface area contributed by atoms with Crippen LogP contribution < -0.4 is 4.74 Å². The van der Waals surface area contributed by atoms with E-state index in [0.717, 1.165) is 35.4 Å². The molecule has 0 spiro atoms. The molecule has 1 aromatic rings. The Bertz CT molecular complexity index is 1150. The lowest BCUT2D eigenvalue weighted by molar-refractivity contribution is -0.201. The molecule has 1 unspecified atom stereocenters. The SMILES string of the molecule is C=C1C=CC(C)=NC2=C1C(=O)C(CCC1C(C)(C)C(Oc3ccc(C#N)c(Cl)c3)C1(C)C)C2. The molecule has 2 aliphatic carbocycles. The Labute approximate surface area is 201 Å². The third-order valence-corrected chi connectivity index (χ3v) is 8.08. The van der Waals surface area contributed by atoms with Gasteiger partial charge in [-0.3, -0.25) is 9.79 Å².